The lowest BCUT2D eigenvalue weighted by atomic mass is 10.2. The van der Waals surface area contributed by atoms with Gasteiger partial charge >= 0.3 is 0 Å². The van der Waals surface area contributed by atoms with Gasteiger partial charge in [0.25, 0.3) is 10.0 Å². The molecule has 134 valence electrons. The van der Waals surface area contributed by atoms with Crippen molar-refractivity contribution in [2.75, 3.05) is 21.3 Å². The Labute approximate surface area is 145 Å². The number of nitrogens with one attached hydrogen (secondary N) is 1. The molecular weight excluding hydrogens is 348 g/mol. The number of aromatic hydroxyl groups is 1. The van der Waals surface area contributed by atoms with E-state index in [1.54, 1.807) is 12.1 Å². The summed E-state index contributed by atoms with van der Waals surface area (Å²) in [6.45, 7) is 0. The van der Waals surface area contributed by atoms with E-state index in [4.69, 9.17) is 14.2 Å². The number of hydrogen-bond donors (Lipinski definition) is 2. The van der Waals surface area contributed by atoms with Gasteiger partial charge in [-0.25, -0.2) is 0 Å². The fourth-order valence-electron chi connectivity index (χ4n) is 2.00. The number of hydrazone groups is 1. The molecule has 2 rings (SSSR count). The van der Waals surface area contributed by atoms with Crippen molar-refractivity contribution in [1.29, 1.82) is 0 Å². The number of ether oxygens (including phenoxy) is 3. The van der Waals surface area contributed by atoms with Gasteiger partial charge < -0.3 is 19.3 Å². The Kier molecular flexibility index (Phi) is 5.71. The first-order valence-corrected chi connectivity index (χ1v) is 8.53. The van der Waals surface area contributed by atoms with E-state index in [-0.39, 0.29) is 16.4 Å². The van der Waals surface area contributed by atoms with Crippen LogP contribution >= 0.6 is 0 Å². The molecule has 0 amide bonds. The average Bonchev–Trinajstić information content (AvgIpc) is 2.61. The summed E-state index contributed by atoms with van der Waals surface area (Å²) in [6, 6.07) is 8.94. The van der Waals surface area contributed by atoms with Gasteiger partial charge in [-0.2, -0.15) is 18.4 Å². The van der Waals surface area contributed by atoms with E-state index in [2.05, 4.69) is 9.93 Å². The Morgan fingerprint density at radius 1 is 1.00 bits per heavy atom. The van der Waals surface area contributed by atoms with E-state index in [0.29, 0.717) is 17.1 Å². The molecule has 0 unspecified atom stereocenters. The zero-order chi connectivity index (χ0) is 18.4. The van der Waals surface area contributed by atoms with Crippen LogP contribution in [0.4, 0.5) is 0 Å². The summed E-state index contributed by atoms with van der Waals surface area (Å²) in [5.74, 6) is 0.749. The van der Waals surface area contributed by atoms with Crippen LogP contribution in [0.2, 0.25) is 0 Å². The molecule has 0 saturated carbocycles. The van der Waals surface area contributed by atoms with E-state index in [1.165, 1.54) is 51.8 Å². The smallest absolute Gasteiger partial charge is 0.280 e. The van der Waals surface area contributed by atoms with Crippen LogP contribution in [0.5, 0.6) is 23.0 Å². The highest BCUT2D eigenvalue weighted by Gasteiger charge is 2.20. The van der Waals surface area contributed by atoms with Gasteiger partial charge in [-0.15, -0.1) is 0 Å². The van der Waals surface area contributed by atoms with Gasteiger partial charge in [0.05, 0.1) is 27.5 Å². The number of benzene rings is 2. The molecule has 0 aliphatic heterocycles. The van der Waals surface area contributed by atoms with Crippen LogP contribution in [-0.4, -0.2) is 41.1 Å². The molecule has 0 saturated heterocycles. The molecule has 0 radical (unpaired) electrons. The predicted octanol–water partition coefficient (Wildman–Crippen LogP) is 1.73. The Bertz CT molecular complexity index is 880. The van der Waals surface area contributed by atoms with Gasteiger partial charge in [0, 0.05) is 6.07 Å². The van der Waals surface area contributed by atoms with Crippen LogP contribution in [0.25, 0.3) is 0 Å². The maximum Gasteiger partial charge on any atom is 0.280 e. The number of nitrogens with zero attached hydrogens (tertiary/aromatic N) is 1. The fraction of sp³-hybridized carbons (Fsp3) is 0.188. The molecule has 0 aliphatic carbocycles. The topological polar surface area (TPSA) is 106 Å². The highest BCUT2D eigenvalue weighted by molar-refractivity contribution is 7.89. The standard InChI is InChI=1S/C16H18N2O6S/c1-22-12-5-7-15(24-3)16(9-12)25(20,21)18-17-10-11-4-6-14(23-2)13(19)8-11/h4-10,18-19H,1-3H3/b17-10-. The molecule has 0 fully saturated rings. The Hall–Kier alpha value is -2.94. The van der Waals surface area contributed by atoms with Crippen molar-refractivity contribution >= 4 is 16.2 Å². The molecule has 2 aromatic rings. The molecule has 0 spiro atoms. The van der Waals surface area contributed by atoms with Crippen LogP contribution in [0, 0.1) is 0 Å². The summed E-state index contributed by atoms with van der Waals surface area (Å²) in [4.78, 5) is 1.98. The van der Waals surface area contributed by atoms with Gasteiger partial charge in [0.1, 0.15) is 16.4 Å². The molecule has 8 nitrogen and oxygen atoms in total. The molecule has 25 heavy (non-hydrogen) atoms. The van der Waals surface area contributed by atoms with E-state index in [0.717, 1.165) is 0 Å². The van der Waals surface area contributed by atoms with Crippen LogP contribution in [0.3, 0.4) is 0 Å². The van der Waals surface area contributed by atoms with Crippen molar-refractivity contribution in [3.05, 3.63) is 42.0 Å². The summed E-state index contributed by atoms with van der Waals surface area (Å²) >= 11 is 0. The first kappa shape index (κ1) is 18.4. The Morgan fingerprint density at radius 2 is 1.68 bits per heavy atom. The second kappa shape index (κ2) is 7.75. The SMILES string of the molecule is COc1ccc(OC)c(S(=O)(=O)N/N=C\c2ccc(OC)c(O)c2)c1. The Balaban J connectivity index is 2.23. The van der Waals surface area contributed by atoms with Crippen molar-refractivity contribution in [2.45, 2.75) is 4.90 Å². The third kappa shape index (κ3) is 4.32. The van der Waals surface area contributed by atoms with Crippen LogP contribution in [0.15, 0.2) is 46.4 Å². The highest BCUT2D eigenvalue weighted by atomic mass is 32.2. The molecule has 0 aliphatic rings. The number of phenolic OH excluding ortho intramolecular Hbond substituents is 1. The van der Waals surface area contributed by atoms with E-state index in [1.807, 2.05) is 0 Å². The minimum Gasteiger partial charge on any atom is -0.504 e. The van der Waals surface area contributed by atoms with Crippen LogP contribution < -0.4 is 19.0 Å². The number of hydrogen-bond acceptors (Lipinski definition) is 7. The van der Waals surface area contributed by atoms with Crippen LogP contribution in [-0.2, 0) is 10.0 Å². The third-order valence-corrected chi connectivity index (χ3v) is 4.49. The normalized spacial score (nSPS) is 11.3. The summed E-state index contributed by atoms with van der Waals surface area (Å²) in [5.41, 5.74) is 0.485. The van der Waals surface area contributed by atoms with Crippen molar-refractivity contribution < 1.29 is 27.7 Å². The number of rotatable bonds is 7. The molecule has 2 aromatic carbocycles. The average molecular weight is 366 g/mol. The maximum absolute atomic E-state index is 12.4. The molecule has 0 heterocycles. The zero-order valence-corrected chi connectivity index (χ0v) is 14.7. The zero-order valence-electron chi connectivity index (χ0n) is 13.9. The summed E-state index contributed by atoms with van der Waals surface area (Å²) in [6.07, 6.45) is 1.25. The predicted molar refractivity (Wildman–Crippen MR) is 92.1 cm³/mol. The highest BCUT2D eigenvalue weighted by Crippen LogP contribution is 2.28. The fourth-order valence-corrected chi connectivity index (χ4v) is 2.98. The van der Waals surface area contributed by atoms with Gasteiger partial charge in [0.15, 0.2) is 11.5 Å². The summed E-state index contributed by atoms with van der Waals surface area (Å²) < 4.78 is 39.8. The number of phenols is 1. The third-order valence-electron chi connectivity index (χ3n) is 3.25. The molecule has 0 aromatic heterocycles. The molecule has 0 bridgehead atoms. The van der Waals surface area contributed by atoms with Gasteiger partial charge in [0.2, 0.25) is 0 Å². The van der Waals surface area contributed by atoms with E-state index in [9.17, 15) is 13.5 Å². The van der Waals surface area contributed by atoms with Crippen molar-refractivity contribution in [1.82, 2.24) is 4.83 Å². The lowest BCUT2D eigenvalue weighted by Gasteiger charge is -2.10. The molecule has 2 N–H and O–H groups in total. The Morgan fingerprint density at radius 3 is 2.28 bits per heavy atom. The van der Waals surface area contributed by atoms with E-state index < -0.39 is 10.0 Å². The van der Waals surface area contributed by atoms with Gasteiger partial charge in [-0.05, 0) is 35.9 Å². The first-order valence-electron chi connectivity index (χ1n) is 7.05. The van der Waals surface area contributed by atoms with Crippen molar-refractivity contribution in [3.63, 3.8) is 0 Å². The lowest BCUT2D eigenvalue weighted by Crippen LogP contribution is -2.19. The summed E-state index contributed by atoms with van der Waals surface area (Å²) in [5, 5.41) is 13.4. The first-order chi connectivity index (χ1) is 11.9. The lowest BCUT2D eigenvalue weighted by molar-refractivity contribution is 0.373. The van der Waals surface area contributed by atoms with Crippen molar-refractivity contribution in [3.8, 4) is 23.0 Å². The molecule has 0 atom stereocenters. The molecular formula is C16H18N2O6S. The van der Waals surface area contributed by atoms with Gasteiger partial charge in [-0.1, -0.05) is 0 Å². The number of sulfonamides is 1. The van der Waals surface area contributed by atoms with E-state index >= 15 is 0 Å². The summed E-state index contributed by atoms with van der Waals surface area (Å²) in [7, 11) is 0.256. The number of methoxy groups -OCH3 is 3. The minimum absolute atomic E-state index is 0.0798. The maximum atomic E-state index is 12.4. The second-order valence-corrected chi connectivity index (χ2v) is 6.43. The van der Waals surface area contributed by atoms with Crippen molar-refractivity contribution in [2.24, 2.45) is 5.10 Å². The van der Waals surface area contributed by atoms with Gasteiger partial charge in [-0.3, -0.25) is 0 Å². The minimum atomic E-state index is -3.97. The second-order valence-electron chi connectivity index (χ2n) is 4.80. The molecule has 9 heteroatoms. The largest absolute Gasteiger partial charge is 0.504 e. The van der Waals surface area contributed by atoms with Crippen LogP contribution in [0.1, 0.15) is 5.56 Å². The monoisotopic (exact) mass is 366 g/mol. The quantitative estimate of drug-likeness (QED) is 0.571.